The fraction of sp³-hybridized carbons (Fsp3) is 0.304. The van der Waals surface area contributed by atoms with Gasteiger partial charge in [-0.3, -0.25) is 10.1 Å². The van der Waals surface area contributed by atoms with Crippen molar-refractivity contribution in [1.82, 2.24) is 15.3 Å². The van der Waals surface area contributed by atoms with Crippen LogP contribution in [0.1, 0.15) is 29.8 Å². The molecule has 9 heteroatoms. The molecule has 2 aromatic heterocycles. The highest BCUT2D eigenvalue weighted by Gasteiger charge is 2.17. The van der Waals surface area contributed by atoms with Crippen LogP contribution in [0.3, 0.4) is 0 Å². The summed E-state index contributed by atoms with van der Waals surface area (Å²) in [7, 11) is 1.62. The molecule has 3 rings (SSSR count). The quantitative estimate of drug-likeness (QED) is 0.465. The SMILES string of the molecule is CCNC(=O)Nc1ccc(-c2cc3c(=O)c(C(=O)OCC)c[nH]c3cc2CCOC)cn1. The maximum atomic E-state index is 13.0. The van der Waals surface area contributed by atoms with E-state index >= 15 is 0 Å². The number of hydrogen-bond donors (Lipinski definition) is 3. The highest BCUT2D eigenvalue weighted by Crippen LogP contribution is 2.28. The standard InChI is InChI=1S/C23H26N4O5/c1-4-24-23(30)27-20-7-6-15(12-26-20)16-11-17-19(10-14(16)8-9-31-3)25-13-18(21(17)28)22(29)32-5-2/h6-7,10-13H,4-5,8-9H2,1-3H3,(H,25,28)(H2,24,26,27,30). The number of ether oxygens (including phenoxy) is 2. The van der Waals surface area contributed by atoms with Crippen LogP contribution < -0.4 is 16.1 Å². The molecule has 32 heavy (non-hydrogen) atoms. The summed E-state index contributed by atoms with van der Waals surface area (Å²) in [6, 6.07) is 6.79. The van der Waals surface area contributed by atoms with Gasteiger partial charge in [-0.05, 0) is 55.7 Å². The summed E-state index contributed by atoms with van der Waals surface area (Å²) in [6.45, 7) is 4.69. The number of aromatic amines is 1. The molecule has 0 spiro atoms. The zero-order chi connectivity index (χ0) is 23.1. The Morgan fingerprint density at radius 3 is 2.66 bits per heavy atom. The van der Waals surface area contributed by atoms with E-state index in [4.69, 9.17) is 9.47 Å². The monoisotopic (exact) mass is 438 g/mol. The van der Waals surface area contributed by atoms with E-state index in [9.17, 15) is 14.4 Å². The van der Waals surface area contributed by atoms with E-state index in [-0.39, 0.29) is 18.2 Å². The number of methoxy groups -OCH3 is 1. The van der Waals surface area contributed by atoms with Crippen LogP contribution in [-0.2, 0) is 15.9 Å². The lowest BCUT2D eigenvalue weighted by molar-refractivity contribution is 0.0524. The smallest absolute Gasteiger partial charge is 0.343 e. The number of amides is 2. The van der Waals surface area contributed by atoms with Crippen molar-refractivity contribution in [1.29, 1.82) is 0 Å². The third-order valence-corrected chi connectivity index (χ3v) is 4.83. The van der Waals surface area contributed by atoms with Crippen LogP contribution in [0, 0.1) is 0 Å². The molecule has 0 fully saturated rings. The molecule has 0 aliphatic heterocycles. The molecule has 0 saturated heterocycles. The number of anilines is 1. The number of carbonyl (C=O) groups excluding carboxylic acids is 2. The number of esters is 1. The summed E-state index contributed by atoms with van der Waals surface area (Å²) in [5, 5.41) is 5.67. The summed E-state index contributed by atoms with van der Waals surface area (Å²) >= 11 is 0. The Morgan fingerprint density at radius 1 is 1.19 bits per heavy atom. The van der Waals surface area contributed by atoms with E-state index in [0.29, 0.717) is 36.3 Å². The highest BCUT2D eigenvalue weighted by atomic mass is 16.5. The van der Waals surface area contributed by atoms with E-state index < -0.39 is 11.4 Å². The predicted molar refractivity (Wildman–Crippen MR) is 122 cm³/mol. The van der Waals surface area contributed by atoms with Crippen molar-refractivity contribution in [2.75, 3.05) is 32.2 Å². The first-order valence-electron chi connectivity index (χ1n) is 10.3. The molecule has 0 atom stereocenters. The van der Waals surface area contributed by atoms with Crippen LogP contribution in [0.15, 0.2) is 41.5 Å². The normalized spacial score (nSPS) is 10.7. The molecule has 0 radical (unpaired) electrons. The van der Waals surface area contributed by atoms with Gasteiger partial charge >= 0.3 is 12.0 Å². The van der Waals surface area contributed by atoms with Crippen LogP contribution in [-0.4, -0.2) is 48.8 Å². The van der Waals surface area contributed by atoms with Gasteiger partial charge in [0.05, 0.1) is 13.2 Å². The third kappa shape index (κ3) is 5.12. The largest absolute Gasteiger partial charge is 0.462 e. The first kappa shape index (κ1) is 23.0. The van der Waals surface area contributed by atoms with Crippen molar-refractivity contribution in [2.45, 2.75) is 20.3 Å². The topological polar surface area (TPSA) is 122 Å². The van der Waals surface area contributed by atoms with Crippen molar-refractivity contribution in [3.63, 3.8) is 0 Å². The maximum absolute atomic E-state index is 13.0. The number of fused-ring (bicyclic) bond motifs is 1. The molecule has 0 bridgehead atoms. The third-order valence-electron chi connectivity index (χ3n) is 4.83. The van der Waals surface area contributed by atoms with Crippen molar-refractivity contribution >= 4 is 28.7 Å². The van der Waals surface area contributed by atoms with Gasteiger partial charge in [-0.2, -0.15) is 0 Å². The molecule has 9 nitrogen and oxygen atoms in total. The summed E-state index contributed by atoms with van der Waals surface area (Å²) in [4.78, 5) is 44.2. The number of hydrogen-bond acceptors (Lipinski definition) is 6. The molecule has 2 amide bonds. The van der Waals surface area contributed by atoms with E-state index in [1.54, 1.807) is 32.4 Å². The lowest BCUT2D eigenvalue weighted by Gasteiger charge is -2.13. The van der Waals surface area contributed by atoms with Crippen molar-refractivity contribution in [3.05, 3.63) is 58.0 Å². The van der Waals surface area contributed by atoms with Gasteiger partial charge in [-0.1, -0.05) is 0 Å². The molecule has 3 N–H and O–H groups in total. The second-order valence-corrected chi connectivity index (χ2v) is 6.97. The summed E-state index contributed by atoms with van der Waals surface area (Å²) in [5.41, 5.74) is 2.66. The Hall–Kier alpha value is -3.72. The molecule has 0 saturated carbocycles. The Morgan fingerprint density at radius 2 is 2.00 bits per heavy atom. The van der Waals surface area contributed by atoms with Crippen LogP contribution in [0.4, 0.5) is 10.6 Å². The summed E-state index contributed by atoms with van der Waals surface area (Å²) < 4.78 is 10.2. The number of nitrogens with one attached hydrogen (secondary N) is 3. The highest BCUT2D eigenvalue weighted by molar-refractivity contribution is 5.95. The predicted octanol–water partition coefficient (Wildman–Crippen LogP) is 3.10. The average Bonchev–Trinajstić information content (AvgIpc) is 2.78. The molecule has 168 valence electrons. The van der Waals surface area contributed by atoms with Gasteiger partial charge in [0.1, 0.15) is 11.4 Å². The van der Waals surface area contributed by atoms with Gasteiger partial charge in [0.2, 0.25) is 5.43 Å². The first-order chi connectivity index (χ1) is 15.5. The molecule has 2 heterocycles. The lowest BCUT2D eigenvalue weighted by Crippen LogP contribution is -2.28. The summed E-state index contributed by atoms with van der Waals surface area (Å²) in [6.07, 6.45) is 3.62. The van der Waals surface area contributed by atoms with E-state index in [0.717, 1.165) is 16.7 Å². The lowest BCUT2D eigenvalue weighted by atomic mass is 9.96. The molecular formula is C23H26N4O5. The molecule has 0 unspecified atom stereocenters. The Kier molecular flexibility index (Phi) is 7.56. The van der Waals surface area contributed by atoms with E-state index in [1.165, 1.54) is 6.20 Å². The molecule has 1 aromatic carbocycles. The molecule has 3 aromatic rings. The molecular weight excluding hydrogens is 412 g/mol. The van der Waals surface area contributed by atoms with Crippen molar-refractivity contribution in [2.24, 2.45) is 0 Å². The van der Waals surface area contributed by atoms with Crippen LogP contribution in [0.5, 0.6) is 0 Å². The van der Waals surface area contributed by atoms with E-state index in [2.05, 4.69) is 20.6 Å². The Bertz CT molecular complexity index is 1170. The maximum Gasteiger partial charge on any atom is 0.343 e. The fourth-order valence-corrected chi connectivity index (χ4v) is 3.31. The number of carbonyl (C=O) groups is 2. The number of nitrogens with zero attached hydrogens (tertiary/aromatic N) is 1. The van der Waals surface area contributed by atoms with Gasteiger partial charge in [0, 0.05) is 42.5 Å². The molecule has 0 aliphatic carbocycles. The zero-order valence-electron chi connectivity index (χ0n) is 18.3. The van der Waals surface area contributed by atoms with Crippen molar-refractivity contribution < 1.29 is 19.1 Å². The summed E-state index contributed by atoms with van der Waals surface area (Å²) in [5.74, 6) is -0.260. The van der Waals surface area contributed by atoms with Crippen LogP contribution in [0.25, 0.3) is 22.0 Å². The minimum absolute atomic E-state index is 0.0467. The van der Waals surface area contributed by atoms with Gasteiger partial charge in [-0.15, -0.1) is 0 Å². The van der Waals surface area contributed by atoms with E-state index in [1.807, 2.05) is 19.1 Å². The second-order valence-electron chi connectivity index (χ2n) is 6.97. The number of rotatable bonds is 8. The first-order valence-corrected chi connectivity index (χ1v) is 10.3. The Labute approximate surface area is 185 Å². The number of aromatic nitrogens is 2. The minimum atomic E-state index is -0.664. The number of pyridine rings is 2. The van der Waals surface area contributed by atoms with Crippen LogP contribution >= 0.6 is 0 Å². The number of H-pyrrole nitrogens is 1. The Balaban J connectivity index is 2.06. The van der Waals surface area contributed by atoms with Crippen LogP contribution in [0.2, 0.25) is 0 Å². The average molecular weight is 438 g/mol. The van der Waals surface area contributed by atoms with Gasteiger partial charge in [0.25, 0.3) is 0 Å². The van der Waals surface area contributed by atoms with Gasteiger partial charge in [-0.25, -0.2) is 14.6 Å². The number of benzene rings is 1. The minimum Gasteiger partial charge on any atom is -0.462 e. The van der Waals surface area contributed by atoms with Gasteiger partial charge < -0.3 is 19.8 Å². The van der Waals surface area contributed by atoms with Crippen molar-refractivity contribution in [3.8, 4) is 11.1 Å². The zero-order valence-corrected chi connectivity index (χ0v) is 18.3. The fourth-order valence-electron chi connectivity index (χ4n) is 3.31. The number of urea groups is 1. The molecule has 0 aliphatic rings. The van der Waals surface area contributed by atoms with Gasteiger partial charge in [0.15, 0.2) is 0 Å². The second kappa shape index (κ2) is 10.5.